The molecule has 6 nitrogen and oxygen atoms in total. The number of fused-ring (bicyclic) bond motifs is 1. The van der Waals surface area contributed by atoms with E-state index in [1.165, 1.54) is 11.1 Å². The Morgan fingerprint density at radius 2 is 1.96 bits per heavy atom. The first kappa shape index (κ1) is 17.0. The highest BCUT2D eigenvalue weighted by Crippen LogP contribution is 2.41. The summed E-state index contributed by atoms with van der Waals surface area (Å²) in [4.78, 5) is 19.3. The van der Waals surface area contributed by atoms with E-state index in [1.807, 2.05) is 35.2 Å². The number of benzene rings is 2. The maximum Gasteiger partial charge on any atom is 0.261 e. The summed E-state index contributed by atoms with van der Waals surface area (Å²) < 4.78 is 10.9. The molecule has 2 unspecified atom stereocenters. The van der Waals surface area contributed by atoms with Crippen LogP contribution < -0.4 is 4.74 Å². The molecule has 6 heteroatoms. The lowest BCUT2D eigenvalue weighted by atomic mass is 10.1. The lowest BCUT2D eigenvalue weighted by molar-refractivity contribution is -0.129. The highest BCUT2D eigenvalue weighted by molar-refractivity contribution is 5.80. The van der Waals surface area contributed by atoms with E-state index < -0.39 is 0 Å². The number of methoxy groups -OCH3 is 1. The van der Waals surface area contributed by atoms with Crippen molar-refractivity contribution in [3.05, 3.63) is 65.5 Å². The average Bonchev–Trinajstić information content (AvgIpc) is 3.45. The van der Waals surface area contributed by atoms with Crippen molar-refractivity contribution in [1.82, 2.24) is 15.0 Å². The van der Waals surface area contributed by atoms with Gasteiger partial charge in [0.15, 0.2) is 5.82 Å². The molecule has 142 valence electrons. The third kappa shape index (κ3) is 2.76. The van der Waals surface area contributed by atoms with Crippen molar-refractivity contribution in [3.63, 3.8) is 0 Å². The minimum Gasteiger partial charge on any atom is -0.496 e. The molecule has 2 atom stereocenters. The minimum absolute atomic E-state index is 0.0486. The number of ether oxygens (including phenoxy) is 1. The smallest absolute Gasteiger partial charge is 0.261 e. The van der Waals surface area contributed by atoms with E-state index in [1.54, 1.807) is 7.11 Å². The van der Waals surface area contributed by atoms with Crippen LogP contribution in [-0.2, 0) is 11.2 Å². The SMILES string of the molecule is COc1ccccc1-c1nc(C2CC(=O)N(C3CCc4ccccc43)C2)no1. The van der Waals surface area contributed by atoms with E-state index >= 15 is 0 Å². The summed E-state index contributed by atoms with van der Waals surface area (Å²) in [6.07, 6.45) is 2.43. The van der Waals surface area contributed by atoms with Gasteiger partial charge in [-0.1, -0.05) is 41.6 Å². The zero-order chi connectivity index (χ0) is 19.1. The predicted molar refractivity (Wildman–Crippen MR) is 103 cm³/mol. The molecule has 1 aliphatic heterocycles. The fourth-order valence-electron chi connectivity index (χ4n) is 4.40. The molecule has 2 aliphatic rings. The number of para-hydroxylation sites is 1. The minimum atomic E-state index is -0.0486. The standard InChI is InChI=1S/C22H21N3O3/c1-27-19-9-5-4-8-17(19)22-23-21(24-28-22)15-12-20(26)25(13-15)18-11-10-14-6-2-3-7-16(14)18/h2-9,15,18H,10-13H2,1H3. The van der Waals surface area contributed by atoms with Crippen molar-refractivity contribution in [2.45, 2.75) is 31.2 Å². The van der Waals surface area contributed by atoms with Gasteiger partial charge in [0, 0.05) is 18.9 Å². The Hall–Kier alpha value is -3.15. The van der Waals surface area contributed by atoms with E-state index in [0.717, 1.165) is 18.4 Å². The summed E-state index contributed by atoms with van der Waals surface area (Å²) in [6.45, 7) is 0.628. The van der Waals surface area contributed by atoms with E-state index in [-0.39, 0.29) is 17.9 Å². The van der Waals surface area contributed by atoms with Crippen molar-refractivity contribution in [2.75, 3.05) is 13.7 Å². The van der Waals surface area contributed by atoms with Crippen LogP contribution in [0.1, 0.15) is 41.8 Å². The van der Waals surface area contributed by atoms with Crippen molar-refractivity contribution in [2.24, 2.45) is 0 Å². The number of carbonyl (C=O) groups excluding carboxylic acids is 1. The van der Waals surface area contributed by atoms with Gasteiger partial charge in [0.05, 0.1) is 18.7 Å². The molecule has 0 saturated carbocycles. The summed E-state index contributed by atoms with van der Waals surface area (Å²) in [7, 11) is 1.61. The van der Waals surface area contributed by atoms with Gasteiger partial charge in [-0.05, 0) is 36.1 Å². The van der Waals surface area contributed by atoms with Crippen LogP contribution in [-0.4, -0.2) is 34.6 Å². The Kier molecular flexibility index (Phi) is 4.11. The largest absolute Gasteiger partial charge is 0.496 e. The quantitative estimate of drug-likeness (QED) is 0.695. The molecule has 1 fully saturated rings. The molecule has 1 aliphatic carbocycles. The summed E-state index contributed by atoms with van der Waals surface area (Å²) in [5, 5.41) is 4.17. The fourth-order valence-corrected chi connectivity index (χ4v) is 4.40. The van der Waals surface area contributed by atoms with Gasteiger partial charge in [-0.3, -0.25) is 4.79 Å². The lowest BCUT2D eigenvalue weighted by Gasteiger charge is -2.25. The Morgan fingerprint density at radius 1 is 1.14 bits per heavy atom. The van der Waals surface area contributed by atoms with Gasteiger partial charge in [0.1, 0.15) is 5.75 Å². The Balaban J connectivity index is 1.38. The first-order valence-corrected chi connectivity index (χ1v) is 9.59. The van der Waals surface area contributed by atoms with Gasteiger partial charge < -0.3 is 14.2 Å². The second kappa shape index (κ2) is 6.78. The van der Waals surface area contributed by atoms with Gasteiger partial charge >= 0.3 is 0 Å². The topological polar surface area (TPSA) is 68.5 Å². The van der Waals surface area contributed by atoms with Gasteiger partial charge in [-0.25, -0.2) is 0 Å². The molecule has 0 radical (unpaired) electrons. The zero-order valence-electron chi connectivity index (χ0n) is 15.7. The number of rotatable bonds is 4. The van der Waals surface area contributed by atoms with Gasteiger partial charge in [-0.15, -0.1) is 0 Å². The number of hydrogen-bond acceptors (Lipinski definition) is 5. The van der Waals surface area contributed by atoms with Crippen molar-refractivity contribution >= 4 is 5.91 Å². The van der Waals surface area contributed by atoms with E-state index in [4.69, 9.17) is 9.26 Å². The number of carbonyl (C=O) groups is 1. The van der Waals surface area contributed by atoms with Crippen molar-refractivity contribution in [1.29, 1.82) is 0 Å². The zero-order valence-corrected chi connectivity index (χ0v) is 15.7. The van der Waals surface area contributed by atoms with Crippen LogP contribution in [0.2, 0.25) is 0 Å². The number of aromatic nitrogens is 2. The molecular formula is C22H21N3O3. The normalized spacial score (nSPS) is 21.2. The van der Waals surface area contributed by atoms with Gasteiger partial charge in [0.2, 0.25) is 5.91 Å². The maximum absolute atomic E-state index is 12.8. The molecular weight excluding hydrogens is 354 g/mol. The van der Waals surface area contributed by atoms with Crippen LogP contribution in [0.4, 0.5) is 0 Å². The number of amides is 1. The summed E-state index contributed by atoms with van der Waals surface area (Å²) in [5.41, 5.74) is 3.38. The van der Waals surface area contributed by atoms with E-state index in [9.17, 15) is 4.79 Å². The lowest BCUT2D eigenvalue weighted by Crippen LogP contribution is -2.28. The highest BCUT2D eigenvalue weighted by Gasteiger charge is 2.40. The van der Waals surface area contributed by atoms with Gasteiger partial charge in [-0.2, -0.15) is 4.98 Å². The second-order valence-corrected chi connectivity index (χ2v) is 7.36. The Morgan fingerprint density at radius 3 is 2.86 bits per heavy atom. The average molecular weight is 375 g/mol. The van der Waals surface area contributed by atoms with Crippen molar-refractivity contribution < 1.29 is 14.1 Å². The molecule has 1 amide bonds. The second-order valence-electron chi connectivity index (χ2n) is 7.36. The molecule has 5 rings (SSSR count). The molecule has 3 aromatic rings. The van der Waals surface area contributed by atoms with E-state index in [2.05, 4.69) is 28.3 Å². The van der Waals surface area contributed by atoms with E-state index in [0.29, 0.717) is 30.4 Å². The molecule has 0 spiro atoms. The molecule has 2 heterocycles. The van der Waals surface area contributed by atoms with Crippen LogP contribution in [0.15, 0.2) is 53.1 Å². The summed E-state index contributed by atoms with van der Waals surface area (Å²) in [6, 6.07) is 16.1. The summed E-state index contributed by atoms with van der Waals surface area (Å²) >= 11 is 0. The molecule has 0 N–H and O–H groups in total. The molecule has 28 heavy (non-hydrogen) atoms. The van der Waals surface area contributed by atoms with Crippen LogP contribution in [0.3, 0.4) is 0 Å². The molecule has 0 bridgehead atoms. The van der Waals surface area contributed by atoms with Crippen LogP contribution in [0.5, 0.6) is 5.75 Å². The third-order valence-electron chi connectivity index (χ3n) is 5.78. The molecule has 1 saturated heterocycles. The first-order valence-electron chi connectivity index (χ1n) is 9.59. The van der Waals surface area contributed by atoms with Crippen LogP contribution in [0, 0.1) is 0 Å². The maximum atomic E-state index is 12.8. The number of nitrogens with zero attached hydrogens (tertiary/aromatic N) is 3. The fraction of sp³-hybridized carbons (Fsp3) is 0.318. The Bertz CT molecular complexity index is 1030. The van der Waals surface area contributed by atoms with Crippen LogP contribution in [0.25, 0.3) is 11.5 Å². The highest BCUT2D eigenvalue weighted by atomic mass is 16.5. The number of aryl methyl sites for hydroxylation is 1. The van der Waals surface area contributed by atoms with Crippen molar-refractivity contribution in [3.8, 4) is 17.2 Å². The number of likely N-dealkylation sites (tertiary alicyclic amines) is 1. The third-order valence-corrected chi connectivity index (χ3v) is 5.78. The summed E-state index contributed by atoms with van der Waals surface area (Å²) in [5.74, 6) is 1.81. The first-order chi connectivity index (χ1) is 13.7. The monoisotopic (exact) mass is 375 g/mol. The van der Waals surface area contributed by atoms with Crippen LogP contribution >= 0.6 is 0 Å². The number of hydrogen-bond donors (Lipinski definition) is 0. The predicted octanol–water partition coefficient (Wildman–Crippen LogP) is 3.75. The van der Waals surface area contributed by atoms with Gasteiger partial charge in [0.25, 0.3) is 5.89 Å². The molecule has 1 aromatic heterocycles. The Labute approximate surface area is 163 Å². The molecule has 2 aromatic carbocycles.